The van der Waals surface area contributed by atoms with Crippen molar-refractivity contribution in [3.63, 3.8) is 0 Å². The van der Waals surface area contributed by atoms with Crippen molar-refractivity contribution in [2.75, 3.05) is 18.8 Å². The number of hydrogen-bond acceptors (Lipinski definition) is 4. The van der Waals surface area contributed by atoms with Gasteiger partial charge in [-0.1, -0.05) is 6.92 Å². The second-order valence-electron chi connectivity index (χ2n) is 4.85. The second kappa shape index (κ2) is 5.41. The Hall–Kier alpha value is -1.60. The number of benzene rings is 1. The number of amides is 1. The number of rotatable bonds is 3. The zero-order valence-corrected chi connectivity index (χ0v) is 12.4. The minimum atomic E-state index is -3.68. The van der Waals surface area contributed by atoms with Gasteiger partial charge in [-0.05, 0) is 37.1 Å². The molecule has 7 heteroatoms. The molecule has 0 saturated carbocycles. The first kappa shape index (κ1) is 14.8. The van der Waals surface area contributed by atoms with E-state index in [2.05, 4.69) is 5.32 Å². The second-order valence-corrected chi connectivity index (χ2v) is 6.74. The summed E-state index contributed by atoms with van der Waals surface area (Å²) >= 11 is 0. The van der Waals surface area contributed by atoms with E-state index in [-0.39, 0.29) is 17.3 Å². The Labute approximate surface area is 119 Å². The van der Waals surface area contributed by atoms with Gasteiger partial charge in [0.25, 0.3) is 0 Å². The van der Waals surface area contributed by atoms with E-state index in [1.807, 2.05) is 0 Å². The number of carbonyl (C=O) groups is 1. The van der Waals surface area contributed by atoms with Crippen molar-refractivity contribution < 1.29 is 13.2 Å². The Kier molecular flexibility index (Phi) is 4.01. The smallest absolute Gasteiger partial charge is 0.243 e. The largest absolute Gasteiger partial charge is 0.399 e. The first-order chi connectivity index (χ1) is 9.37. The molecule has 3 N–H and O–H groups in total. The van der Waals surface area contributed by atoms with Crippen molar-refractivity contribution in [1.29, 1.82) is 0 Å². The van der Waals surface area contributed by atoms with Gasteiger partial charge in [-0.25, -0.2) is 8.42 Å². The molecule has 0 spiro atoms. The third-order valence-corrected chi connectivity index (χ3v) is 5.42. The van der Waals surface area contributed by atoms with E-state index >= 15 is 0 Å². The Morgan fingerprint density at radius 1 is 1.45 bits per heavy atom. The standard InChI is InChI=1S/C13H19N3O3S/c1-3-12-13(17)15-6-7-16(12)20(18,19)10-4-5-11(14)9(2)8-10/h4-5,8,12H,3,6-7,14H2,1-2H3,(H,15,17). The fourth-order valence-corrected chi connectivity index (χ4v) is 4.06. The lowest BCUT2D eigenvalue weighted by Gasteiger charge is -2.33. The summed E-state index contributed by atoms with van der Waals surface area (Å²) in [6.45, 7) is 4.18. The zero-order valence-electron chi connectivity index (χ0n) is 11.6. The van der Waals surface area contributed by atoms with E-state index in [0.717, 1.165) is 0 Å². The van der Waals surface area contributed by atoms with Crippen LogP contribution in [0, 0.1) is 6.92 Å². The van der Waals surface area contributed by atoms with Crippen LogP contribution in [-0.2, 0) is 14.8 Å². The number of nitrogens with one attached hydrogen (secondary N) is 1. The Bertz CT molecular complexity index is 628. The molecule has 1 heterocycles. The highest BCUT2D eigenvalue weighted by atomic mass is 32.2. The van der Waals surface area contributed by atoms with Crippen LogP contribution in [0.2, 0.25) is 0 Å². The van der Waals surface area contributed by atoms with E-state index < -0.39 is 16.1 Å². The maximum absolute atomic E-state index is 12.7. The van der Waals surface area contributed by atoms with Crippen molar-refractivity contribution in [2.45, 2.75) is 31.2 Å². The molecule has 0 aromatic heterocycles. The van der Waals surface area contributed by atoms with Crippen LogP contribution in [0.1, 0.15) is 18.9 Å². The van der Waals surface area contributed by atoms with Crippen molar-refractivity contribution in [1.82, 2.24) is 9.62 Å². The molecule has 1 aliphatic heterocycles. The number of nitrogen functional groups attached to an aromatic ring is 1. The van der Waals surface area contributed by atoms with Crippen molar-refractivity contribution in [3.8, 4) is 0 Å². The number of piperazine rings is 1. The van der Waals surface area contributed by atoms with Crippen LogP contribution in [0.3, 0.4) is 0 Å². The molecule has 2 rings (SSSR count). The lowest BCUT2D eigenvalue weighted by molar-refractivity contribution is -0.126. The maximum atomic E-state index is 12.7. The van der Waals surface area contributed by atoms with E-state index in [1.165, 1.54) is 10.4 Å². The molecular formula is C13H19N3O3S. The summed E-state index contributed by atoms with van der Waals surface area (Å²) in [5.74, 6) is -0.241. The van der Waals surface area contributed by atoms with Gasteiger partial charge in [0.2, 0.25) is 15.9 Å². The predicted octanol–water partition coefficient (Wildman–Crippen LogP) is 0.476. The molecule has 1 unspecified atom stereocenters. The number of anilines is 1. The molecular weight excluding hydrogens is 278 g/mol. The topological polar surface area (TPSA) is 92.5 Å². The molecule has 110 valence electrons. The average molecular weight is 297 g/mol. The molecule has 0 bridgehead atoms. The van der Waals surface area contributed by atoms with Crippen LogP contribution in [0.5, 0.6) is 0 Å². The van der Waals surface area contributed by atoms with Crippen molar-refractivity contribution in [2.24, 2.45) is 0 Å². The van der Waals surface area contributed by atoms with Gasteiger partial charge < -0.3 is 11.1 Å². The lowest BCUT2D eigenvalue weighted by Crippen LogP contribution is -2.56. The SMILES string of the molecule is CCC1C(=O)NCCN1S(=O)(=O)c1ccc(N)c(C)c1. The highest BCUT2D eigenvalue weighted by Gasteiger charge is 2.37. The van der Waals surface area contributed by atoms with Crippen molar-refractivity contribution >= 4 is 21.6 Å². The van der Waals surface area contributed by atoms with Gasteiger partial charge in [0.15, 0.2) is 0 Å². The third-order valence-electron chi connectivity index (χ3n) is 3.52. The molecule has 0 aliphatic carbocycles. The molecule has 1 aromatic carbocycles. The summed E-state index contributed by atoms with van der Waals surface area (Å²) in [5, 5.41) is 2.69. The average Bonchev–Trinajstić information content (AvgIpc) is 2.41. The van der Waals surface area contributed by atoms with Crippen LogP contribution < -0.4 is 11.1 Å². The monoisotopic (exact) mass is 297 g/mol. The fraction of sp³-hybridized carbons (Fsp3) is 0.462. The predicted molar refractivity (Wildman–Crippen MR) is 76.6 cm³/mol. The molecule has 6 nitrogen and oxygen atoms in total. The van der Waals surface area contributed by atoms with Crippen LogP contribution in [-0.4, -0.2) is 37.8 Å². The zero-order chi connectivity index (χ0) is 14.9. The summed E-state index contributed by atoms with van der Waals surface area (Å²) in [5.41, 5.74) is 6.97. The molecule has 1 aromatic rings. The maximum Gasteiger partial charge on any atom is 0.243 e. The van der Waals surface area contributed by atoms with Crippen molar-refractivity contribution in [3.05, 3.63) is 23.8 Å². The third kappa shape index (κ3) is 2.51. The fourth-order valence-electron chi connectivity index (χ4n) is 2.31. The number of sulfonamides is 1. The Morgan fingerprint density at radius 2 is 2.15 bits per heavy atom. The van der Waals surface area contributed by atoms with E-state index in [9.17, 15) is 13.2 Å². The number of aryl methyl sites for hydroxylation is 1. The minimum Gasteiger partial charge on any atom is -0.399 e. The van der Waals surface area contributed by atoms with Gasteiger partial charge >= 0.3 is 0 Å². The summed E-state index contributed by atoms with van der Waals surface area (Å²) in [6, 6.07) is 3.96. The minimum absolute atomic E-state index is 0.178. The molecule has 1 saturated heterocycles. The Balaban J connectivity index is 2.42. The van der Waals surface area contributed by atoms with Crippen LogP contribution >= 0.6 is 0 Å². The number of hydrogen-bond donors (Lipinski definition) is 2. The number of nitrogens with zero attached hydrogens (tertiary/aromatic N) is 1. The van der Waals surface area contributed by atoms with Crippen LogP contribution in [0.4, 0.5) is 5.69 Å². The summed E-state index contributed by atoms with van der Waals surface area (Å²) in [4.78, 5) is 12.0. The quantitative estimate of drug-likeness (QED) is 0.794. The first-order valence-electron chi connectivity index (χ1n) is 6.53. The van der Waals surface area contributed by atoms with E-state index in [1.54, 1.807) is 26.0 Å². The highest BCUT2D eigenvalue weighted by molar-refractivity contribution is 7.89. The van der Waals surface area contributed by atoms with E-state index in [0.29, 0.717) is 24.2 Å². The summed E-state index contributed by atoms with van der Waals surface area (Å²) in [6.07, 6.45) is 0.443. The van der Waals surface area contributed by atoms with Gasteiger partial charge in [0.05, 0.1) is 4.90 Å². The molecule has 1 amide bonds. The van der Waals surface area contributed by atoms with Gasteiger partial charge in [0.1, 0.15) is 6.04 Å². The summed E-state index contributed by atoms with van der Waals surface area (Å²) in [7, 11) is -3.68. The van der Waals surface area contributed by atoms with Crippen LogP contribution in [0.15, 0.2) is 23.1 Å². The number of carbonyl (C=O) groups excluding carboxylic acids is 1. The summed E-state index contributed by atoms with van der Waals surface area (Å²) < 4.78 is 26.6. The molecule has 1 fully saturated rings. The highest BCUT2D eigenvalue weighted by Crippen LogP contribution is 2.24. The number of nitrogens with two attached hydrogens (primary N) is 1. The van der Waals surface area contributed by atoms with Gasteiger partial charge in [-0.3, -0.25) is 4.79 Å². The van der Waals surface area contributed by atoms with E-state index in [4.69, 9.17) is 5.73 Å². The lowest BCUT2D eigenvalue weighted by atomic mass is 10.2. The van der Waals surface area contributed by atoms with Gasteiger partial charge in [-0.2, -0.15) is 4.31 Å². The molecule has 1 atom stereocenters. The normalized spacial score (nSPS) is 20.7. The molecule has 0 radical (unpaired) electrons. The first-order valence-corrected chi connectivity index (χ1v) is 7.97. The van der Waals surface area contributed by atoms with Gasteiger partial charge in [-0.15, -0.1) is 0 Å². The molecule has 20 heavy (non-hydrogen) atoms. The van der Waals surface area contributed by atoms with Crippen LogP contribution in [0.25, 0.3) is 0 Å². The molecule has 1 aliphatic rings. The Morgan fingerprint density at radius 3 is 2.75 bits per heavy atom. The van der Waals surface area contributed by atoms with Gasteiger partial charge in [0, 0.05) is 18.8 Å².